The second-order valence-electron chi connectivity index (χ2n) is 3.19. The van der Waals surface area contributed by atoms with Gasteiger partial charge in [0.15, 0.2) is 0 Å². The molecule has 0 aromatic carbocycles. The van der Waals surface area contributed by atoms with Gasteiger partial charge in [0.05, 0.1) is 0 Å². The topological polar surface area (TPSA) is 12.9 Å². The van der Waals surface area contributed by atoms with Crippen molar-refractivity contribution in [3.05, 3.63) is 41.7 Å². The molecule has 1 nitrogen and oxygen atoms in total. The smallest absolute Gasteiger partial charge is 0.0444 e. The molecular weight excluding hydrogens is 158 g/mol. The largest absolute Gasteiger partial charge is 0.261 e. The average molecular weight is 175 g/mol. The van der Waals surface area contributed by atoms with Crippen LogP contribution in [0.15, 0.2) is 36.0 Å². The van der Waals surface area contributed by atoms with Gasteiger partial charge < -0.3 is 0 Å². The molecule has 0 radical (unpaired) electrons. The summed E-state index contributed by atoms with van der Waals surface area (Å²) < 4.78 is 0. The van der Waals surface area contributed by atoms with Crippen molar-refractivity contribution < 1.29 is 0 Å². The molecule has 0 aliphatic rings. The third-order valence-electron chi connectivity index (χ3n) is 2.11. The fourth-order valence-electron chi connectivity index (χ4n) is 1.39. The predicted molar refractivity (Wildman–Crippen MR) is 56.6 cm³/mol. The Labute approximate surface area is 80.5 Å². The summed E-state index contributed by atoms with van der Waals surface area (Å²) in [5.41, 5.74) is 2.66. The van der Waals surface area contributed by atoms with E-state index >= 15 is 0 Å². The van der Waals surface area contributed by atoms with E-state index in [1.807, 2.05) is 18.3 Å². The lowest BCUT2D eigenvalue weighted by Crippen LogP contribution is -1.92. The van der Waals surface area contributed by atoms with Gasteiger partial charge >= 0.3 is 0 Å². The van der Waals surface area contributed by atoms with Crippen molar-refractivity contribution in [1.29, 1.82) is 0 Å². The fourth-order valence-corrected chi connectivity index (χ4v) is 1.39. The molecule has 1 heteroatoms. The van der Waals surface area contributed by atoms with Gasteiger partial charge in [0.1, 0.15) is 0 Å². The Morgan fingerprint density at radius 3 is 2.85 bits per heavy atom. The first-order chi connectivity index (χ1) is 6.36. The van der Waals surface area contributed by atoms with Crippen LogP contribution >= 0.6 is 0 Å². The second kappa shape index (κ2) is 5.52. The van der Waals surface area contributed by atoms with Crippen LogP contribution in [0.25, 0.3) is 0 Å². The predicted octanol–water partition coefficient (Wildman–Crippen LogP) is 3.37. The SMILES string of the molecule is C/C=C(/CCC)Cc1ccccn1. The first-order valence-corrected chi connectivity index (χ1v) is 4.90. The molecule has 0 aliphatic carbocycles. The van der Waals surface area contributed by atoms with Crippen molar-refractivity contribution >= 4 is 0 Å². The molecule has 0 saturated heterocycles. The van der Waals surface area contributed by atoms with Crippen LogP contribution in [0.2, 0.25) is 0 Å². The standard InChI is InChI=1S/C12H17N/c1-3-7-11(4-2)10-12-8-5-6-9-13-12/h4-6,8-9H,3,7,10H2,1-2H3/b11-4-. The zero-order valence-corrected chi connectivity index (χ0v) is 8.46. The number of allylic oxidation sites excluding steroid dienone is 2. The highest BCUT2D eigenvalue weighted by atomic mass is 14.7. The van der Waals surface area contributed by atoms with E-state index in [9.17, 15) is 0 Å². The van der Waals surface area contributed by atoms with Crippen molar-refractivity contribution in [2.24, 2.45) is 0 Å². The van der Waals surface area contributed by atoms with E-state index in [0.717, 1.165) is 6.42 Å². The summed E-state index contributed by atoms with van der Waals surface area (Å²) in [4.78, 5) is 4.31. The number of nitrogens with zero attached hydrogens (tertiary/aromatic N) is 1. The third-order valence-corrected chi connectivity index (χ3v) is 2.11. The number of aromatic nitrogens is 1. The summed E-state index contributed by atoms with van der Waals surface area (Å²) in [6.45, 7) is 4.32. The van der Waals surface area contributed by atoms with Crippen molar-refractivity contribution in [3.63, 3.8) is 0 Å². The lowest BCUT2D eigenvalue weighted by atomic mass is 10.1. The summed E-state index contributed by atoms with van der Waals surface area (Å²) in [7, 11) is 0. The molecule has 13 heavy (non-hydrogen) atoms. The molecule has 0 bridgehead atoms. The second-order valence-corrected chi connectivity index (χ2v) is 3.19. The van der Waals surface area contributed by atoms with E-state index < -0.39 is 0 Å². The van der Waals surface area contributed by atoms with E-state index in [4.69, 9.17) is 0 Å². The quantitative estimate of drug-likeness (QED) is 0.639. The fraction of sp³-hybridized carbons (Fsp3) is 0.417. The maximum Gasteiger partial charge on any atom is 0.0444 e. The molecule has 0 saturated carbocycles. The Balaban J connectivity index is 2.58. The molecule has 0 amide bonds. The Morgan fingerprint density at radius 2 is 2.31 bits per heavy atom. The average Bonchev–Trinajstić information content (AvgIpc) is 2.19. The van der Waals surface area contributed by atoms with Crippen LogP contribution < -0.4 is 0 Å². The Hall–Kier alpha value is -1.11. The van der Waals surface area contributed by atoms with Crippen molar-refractivity contribution in [2.45, 2.75) is 33.1 Å². The van der Waals surface area contributed by atoms with Crippen LogP contribution in [0.3, 0.4) is 0 Å². The van der Waals surface area contributed by atoms with Gasteiger partial charge in [-0.05, 0) is 25.5 Å². The zero-order chi connectivity index (χ0) is 9.52. The van der Waals surface area contributed by atoms with Gasteiger partial charge in [0.2, 0.25) is 0 Å². The van der Waals surface area contributed by atoms with Gasteiger partial charge in [0.25, 0.3) is 0 Å². The van der Waals surface area contributed by atoms with Crippen LogP contribution in [0.4, 0.5) is 0 Å². The Morgan fingerprint density at radius 1 is 1.46 bits per heavy atom. The molecule has 0 atom stereocenters. The van der Waals surface area contributed by atoms with E-state index in [2.05, 4.69) is 31.0 Å². The summed E-state index contributed by atoms with van der Waals surface area (Å²) in [6.07, 6.45) is 7.47. The van der Waals surface area contributed by atoms with Crippen LogP contribution in [0, 0.1) is 0 Å². The van der Waals surface area contributed by atoms with E-state index in [1.165, 1.54) is 24.1 Å². The highest BCUT2D eigenvalue weighted by Gasteiger charge is 1.97. The summed E-state index contributed by atoms with van der Waals surface area (Å²) in [5.74, 6) is 0. The maximum absolute atomic E-state index is 4.31. The summed E-state index contributed by atoms with van der Waals surface area (Å²) >= 11 is 0. The normalized spacial score (nSPS) is 11.7. The minimum absolute atomic E-state index is 1.01. The Bertz CT molecular complexity index is 262. The molecule has 0 spiro atoms. The number of rotatable bonds is 4. The van der Waals surface area contributed by atoms with Gasteiger partial charge in [-0.25, -0.2) is 0 Å². The zero-order valence-electron chi connectivity index (χ0n) is 8.46. The molecule has 1 aromatic rings. The molecule has 0 N–H and O–H groups in total. The van der Waals surface area contributed by atoms with Crippen molar-refractivity contribution in [3.8, 4) is 0 Å². The van der Waals surface area contributed by atoms with Gasteiger partial charge in [-0.3, -0.25) is 4.98 Å². The molecule has 70 valence electrons. The summed E-state index contributed by atoms with van der Waals surface area (Å²) in [5, 5.41) is 0. The monoisotopic (exact) mass is 175 g/mol. The first-order valence-electron chi connectivity index (χ1n) is 4.90. The number of hydrogen-bond donors (Lipinski definition) is 0. The molecule has 1 aromatic heterocycles. The molecule has 1 heterocycles. The minimum Gasteiger partial charge on any atom is -0.261 e. The number of hydrogen-bond acceptors (Lipinski definition) is 1. The van der Waals surface area contributed by atoms with Crippen LogP contribution in [0.1, 0.15) is 32.4 Å². The van der Waals surface area contributed by atoms with Gasteiger partial charge in [-0.2, -0.15) is 0 Å². The molecular formula is C12H17N. The summed E-state index contributed by atoms with van der Waals surface area (Å²) in [6, 6.07) is 6.08. The maximum atomic E-state index is 4.31. The lowest BCUT2D eigenvalue weighted by Gasteiger charge is -2.03. The van der Waals surface area contributed by atoms with E-state index in [-0.39, 0.29) is 0 Å². The minimum atomic E-state index is 1.01. The van der Waals surface area contributed by atoms with Gasteiger partial charge in [-0.1, -0.05) is 31.1 Å². The van der Waals surface area contributed by atoms with Gasteiger partial charge in [-0.15, -0.1) is 0 Å². The van der Waals surface area contributed by atoms with Crippen LogP contribution in [-0.4, -0.2) is 4.98 Å². The molecule has 1 rings (SSSR count). The first kappa shape index (κ1) is 9.97. The molecule has 0 unspecified atom stereocenters. The van der Waals surface area contributed by atoms with Gasteiger partial charge in [0, 0.05) is 18.3 Å². The van der Waals surface area contributed by atoms with Crippen molar-refractivity contribution in [2.75, 3.05) is 0 Å². The lowest BCUT2D eigenvalue weighted by molar-refractivity contribution is 0.856. The highest BCUT2D eigenvalue weighted by Crippen LogP contribution is 2.10. The highest BCUT2D eigenvalue weighted by molar-refractivity contribution is 5.14. The van der Waals surface area contributed by atoms with Crippen molar-refractivity contribution in [1.82, 2.24) is 4.98 Å². The Kier molecular flexibility index (Phi) is 4.24. The van der Waals surface area contributed by atoms with E-state index in [0.29, 0.717) is 0 Å². The third kappa shape index (κ3) is 3.41. The van der Waals surface area contributed by atoms with Crippen LogP contribution in [0.5, 0.6) is 0 Å². The van der Waals surface area contributed by atoms with Crippen LogP contribution in [-0.2, 0) is 6.42 Å². The molecule has 0 aliphatic heterocycles. The number of pyridine rings is 1. The molecule has 0 fully saturated rings. The van der Waals surface area contributed by atoms with E-state index in [1.54, 1.807) is 0 Å².